The van der Waals surface area contributed by atoms with Crippen LogP contribution in [0.15, 0.2) is 23.6 Å². The molecule has 0 bridgehead atoms. The molecule has 6 nitrogen and oxygen atoms in total. The van der Waals surface area contributed by atoms with E-state index in [4.69, 9.17) is 33.0 Å². The number of nitro benzene ring substituents is 1. The van der Waals surface area contributed by atoms with Crippen molar-refractivity contribution in [3.8, 4) is 11.5 Å². The van der Waals surface area contributed by atoms with E-state index in [1.807, 2.05) is 0 Å². The van der Waals surface area contributed by atoms with Gasteiger partial charge in [0.1, 0.15) is 10.6 Å². The first-order valence-corrected chi connectivity index (χ1v) is 6.65. The van der Waals surface area contributed by atoms with Gasteiger partial charge in [0.15, 0.2) is 5.75 Å². The summed E-state index contributed by atoms with van der Waals surface area (Å²) >= 11 is 12.7. The molecule has 0 spiro atoms. The third-order valence-electron chi connectivity index (χ3n) is 2.20. The molecule has 0 radical (unpaired) electrons. The number of thiophene rings is 1. The number of nitro groups is 1. The molecule has 104 valence electrons. The van der Waals surface area contributed by atoms with E-state index >= 15 is 0 Å². The number of rotatable bonds is 4. The number of non-ortho nitro benzene ring substituents is 1. The van der Waals surface area contributed by atoms with Crippen molar-refractivity contribution in [3.63, 3.8) is 0 Å². The molecule has 0 aliphatic carbocycles. The molecule has 1 heterocycles. The minimum atomic E-state index is -1.08. The number of carboxylic acids is 1. The Labute approximate surface area is 126 Å². The van der Waals surface area contributed by atoms with Crippen LogP contribution in [-0.4, -0.2) is 16.0 Å². The highest BCUT2D eigenvalue weighted by Gasteiger charge is 2.17. The topological polar surface area (TPSA) is 89.7 Å². The standard InChI is InChI=1S/C11H5Cl2NO5S/c12-7-1-5(14(17)18)2-8(13)10(7)19-6-3-9(11(15)16)20-4-6/h1-4H,(H,15,16). The van der Waals surface area contributed by atoms with Gasteiger partial charge < -0.3 is 9.84 Å². The summed E-state index contributed by atoms with van der Waals surface area (Å²) in [5.41, 5.74) is -0.260. The van der Waals surface area contributed by atoms with E-state index in [2.05, 4.69) is 0 Å². The lowest BCUT2D eigenvalue weighted by molar-refractivity contribution is -0.384. The first-order valence-electron chi connectivity index (χ1n) is 5.01. The van der Waals surface area contributed by atoms with Gasteiger partial charge in [-0.3, -0.25) is 10.1 Å². The lowest BCUT2D eigenvalue weighted by Gasteiger charge is -2.07. The number of hydrogen-bond acceptors (Lipinski definition) is 5. The van der Waals surface area contributed by atoms with Crippen LogP contribution < -0.4 is 4.74 Å². The fraction of sp³-hybridized carbons (Fsp3) is 0. The van der Waals surface area contributed by atoms with Crippen molar-refractivity contribution in [2.45, 2.75) is 0 Å². The molecule has 0 amide bonds. The number of nitrogens with zero attached hydrogens (tertiary/aromatic N) is 1. The van der Waals surface area contributed by atoms with Crippen molar-refractivity contribution in [2.24, 2.45) is 0 Å². The van der Waals surface area contributed by atoms with Crippen LogP contribution in [0, 0.1) is 10.1 Å². The Balaban J connectivity index is 2.33. The normalized spacial score (nSPS) is 10.3. The zero-order chi connectivity index (χ0) is 14.9. The van der Waals surface area contributed by atoms with E-state index in [0.29, 0.717) is 0 Å². The van der Waals surface area contributed by atoms with Crippen molar-refractivity contribution < 1.29 is 19.6 Å². The molecule has 0 unspecified atom stereocenters. The summed E-state index contributed by atoms with van der Waals surface area (Å²) in [5, 5.41) is 20.8. The Bertz CT molecular complexity index is 677. The highest BCUT2D eigenvalue weighted by atomic mass is 35.5. The van der Waals surface area contributed by atoms with Crippen LogP contribution in [0.1, 0.15) is 9.67 Å². The van der Waals surface area contributed by atoms with Gasteiger partial charge >= 0.3 is 5.97 Å². The molecule has 9 heteroatoms. The van der Waals surface area contributed by atoms with Crippen molar-refractivity contribution in [3.05, 3.63) is 48.6 Å². The maximum absolute atomic E-state index is 10.7. The molecule has 1 N–H and O–H groups in total. The molecule has 1 aromatic carbocycles. The number of hydrogen-bond donors (Lipinski definition) is 1. The van der Waals surface area contributed by atoms with Crippen LogP contribution in [0.25, 0.3) is 0 Å². The molecule has 0 aliphatic rings. The molecule has 20 heavy (non-hydrogen) atoms. The van der Waals surface area contributed by atoms with Crippen molar-refractivity contribution in [1.82, 2.24) is 0 Å². The molecule has 0 atom stereocenters. The second kappa shape index (κ2) is 5.66. The number of carboxylic acid groups (broad SMARTS) is 1. The molecule has 2 aromatic rings. The summed E-state index contributed by atoms with van der Waals surface area (Å²) in [5.74, 6) is -0.801. The van der Waals surface area contributed by atoms with Crippen LogP contribution in [-0.2, 0) is 0 Å². The van der Waals surface area contributed by atoms with Crippen LogP contribution in [0.2, 0.25) is 10.0 Å². The fourth-order valence-corrected chi connectivity index (χ4v) is 2.55. The highest BCUT2D eigenvalue weighted by Crippen LogP contribution is 2.40. The van der Waals surface area contributed by atoms with Gasteiger partial charge in [-0.05, 0) is 0 Å². The zero-order valence-corrected chi connectivity index (χ0v) is 11.8. The molecular weight excluding hydrogens is 329 g/mol. The Hall–Kier alpha value is -1.83. The van der Waals surface area contributed by atoms with E-state index < -0.39 is 10.9 Å². The average Bonchev–Trinajstić information content (AvgIpc) is 2.82. The van der Waals surface area contributed by atoms with Gasteiger partial charge in [0.25, 0.3) is 5.69 Å². The zero-order valence-electron chi connectivity index (χ0n) is 9.50. The molecule has 0 fully saturated rings. The third kappa shape index (κ3) is 3.01. The lowest BCUT2D eigenvalue weighted by atomic mass is 10.3. The van der Waals surface area contributed by atoms with Gasteiger partial charge in [0.2, 0.25) is 0 Å². The largest absolute Gasteiger partial charge is 0.477 e. The molecule has 0 saturated heterocycles. The summed E-state index contributed by atoms with van der Waals surface area (Å²) in [6.07, 6.45) is 0. The minimum absolute atomic E-state index is 0.0349. The summed E-state index contributed by atoms with van der Waals surface area (Å²) in [6, 6.07) is 3.52. The van der Waals surface area contributed by atoms with Gasteiger partial charge in [-0.2, -0.15) is 0 Å². The van der Waals surface area contributed by atoms with E-state index in [0.717, 1.165) is 23.5 Å². The van der Waals surface area contributed by atoms with Gasteiger partial charge in [-0.25, -0.2) is 4.79 Å². The highest BCUT2D eigenvalue weighted by molar-refractivity contribution is 7.12. The van der Waals surface area contributed by atoms with E-state index in [1.165, 1.54) is 11.4 Å². The minimum Gasteiger partial charge on any atom is -0.477 e. The van der Waals surface area contributed by atoms with Crippen LogP contribution in [0.3, 0.4) is 0 Å². The van der Waals surface area contributed by atoms with Gasteiger partial charge in [0, 0.05) is 23.6 Å². The number of aromatic carboxylic acids is 1. The molecular formula is C11H5Cl2NO5S. The number of ether oxygens (including phenoxy) is 1. The second-order valence-electron chi connectivity index (χ2n) is 3.55. The molecule has 2 rings (SSSR count). The SMILES string of the molecule is O=C(O)c1cc(Oc2c(Cl)cc([N+](=O)[O-])cc2Cl)cs1. The average molecular weight is 334 g/mol. The van der Waals surface area contributed by atoms with Gasteiger partial charge in [-0.1, -0.05) is 23.2 Å². The van der Waals surface area contributed by atoms with E-state index in [9.17, 15) is 14.9 Å². The second-order valence-corrected chi connectivity index (χ2v) is 5.28. The monoisotopic (exact) mass is 333 g/mol. The van der Waals surface area contributed by atoms with Crippen LogP contribution in [0.5, 0.6) is 11.5 Å². The van der Waals surface area contributed by atoms with Crippen molar-refractivity contribution in [1.29, 1.82) is 0 Å². The van der Waals surface area contributed by atoms with E-state index in [1.54, 1.807) is 0 Å². The summed E-state index contributed by atoms with van der Waals surface area (Å²) in [4.78, 5) is 20.8. The van der Waals surface area contributed by atoms with Crippen molar-refractivity contribution >= 4 is 46.2 Å². The first kappa shape index (κ1) is 14.6. The maximum atomic E-state index is 10.7. The lowest BCUT2D eigenvalue weighted by Crippen LogP contribution is -1.92. The Morgan fingerprint density at radius 1 is 1.30 bits per heavy atom. The Morgan fingerprint density at radius 2 is 1.90 bits per heavy atom. The number of benzene rings is 1. The number of carbonyl (C=O) groups is 1. The smallest absolute Gasteiger partial charge is 0.346 e. The van der Waals surface area contributed by atoms with E-state index in [-0.39, 0.29) is 32.1 Å². The van der Waals surface area contributed by atoms with Crippen LogP contribution >= 0.6 is 34.5 Å². The van der Waals surface area contributed by atoms with Crippen LogP contribution in [0.4, 0.5) is 5.69 Å². The molecule has 1 aromatic heterocycles. The Morgan fingerprint density at radius 3 is 2.35 bits per heavy atom. The fourth-order valence-electron chi connectivity index (χ4n) is 1.35. The van der Waals surface area contributed by atoms with Crippen molar-refractivity contribution in [2.75, 3.05) is 0 Å². The third-order valence-corrected chi connectivity index (χ3v) is 3.66. The summed E-state index contributed by atoms with van der Waals surface area (Å²) < 4.78 is 5.37. The first-order chi connectivity index (χ1) is 9.38. The quantitative estimate of drug-likeness (QED) is 0.659. The predicted molar refractivity (Wildman–Crippen MR) is 74.5 cm³/mol. The van der Waals surface area contributed by atoms with Gasteiger partial charge in [0.05, 0.1) is 15.0 Å². The summed E-state index contributed by atoms with van der Waals surface area (Å²) in [7, 11) is 0. The molecule has 0 aliphatic heterocycles. The predicted octanol–water partition coefficient (Wildman–Crippen LogP) is 4.45. The van der Waals surface area contributed by atoms with Gasteiger partial charge in [-0.15, -0.1) is 11.3 Å². The Kier molecular flexibility index (Phi) is 4.12. The molecule has 0 saturated carbocycles. The summed E-state index contributed by atoms with van der Waals surface area (Å²) in [6.45, 7) is 0. The number of halogens is 2. The maximum Gasteiger partial charge on any atom is 0.346 e.